The predicted molar refractivity (Wildman–Crippen MR) is 68.3 cm³/mol. The number of amides is 1. The number of benzene rings is 1. The van der Waals surface area contributed by atoms with E-state index in [1.165, 1.54) is 12.1 Å². The van der Waals surface area contributed by atoms with Gasteiger partial charge in [-0.05, 0) is 37.1 Å². The van der Waals surface area contributed by atoms with Gasteiger partial charge >= 0.3 is 0 Å². The fourth-order valence-corrected chi connectivity index (χ4v) is 2.56. The van der Waals surface area contributed by atoms with Crippen LogP contribution in [-0.2, 0) is 11.3 Å². The minimum Gasteiger partial charge on any atom is -0.370 e. The minimum absolute atomic E-state index is 0.217. The number of hydrogen-bond acceptors (Lipinski definition) is 2. The van der Waals surface area contributed by atoms with E-state index >= 15 is 0 Å². The molecule has 98 valence electrons. The molecular weight excluding hydrogens is 231 g/mol. The molecular formula is C14H19FN2O. The highest BCUT2D eigenvalue weighted by atomic mass is 19.1. The Hall–Kier alpha value is -1.42. The van der Waals surface area contributed by atoms with Crippen LogP contribution in [0.25, 0.3) is 0 Å². The lowest BCUT2D eigenvalue weighted by atomic mass is 9.98. The number of rotatable bonds is 4. The third-order valence-corrected chi connectivity index (χ3v) is 3.48. The van der Waals surface area contributed by atoms with Crippen LogP contribution in [0.4, 0.5) is 4.39 Å². The summed E-state index contributed by atoms with van der Waals surface area (Å²) in [6.45, 7) is 1.74. The normalized spacial score (nSPS) is 20.8. The molecule has 0 spiro atoms. The molecule has 1 atom stereocenters. The van der Waals surface area contributed by atoms with Gasteiger partial charge in [0.1, 0.15) is 5.82 Å². The van der Waals surface area contributed by atoms with E-state index < -0.39 is 0 Å². The van der Waals surface area contributed by atoms with Crippen LogP contribution < -0.4 is 5.73 Å². The Labute approximate surface area is 107 Å². The molecule has 0 saturated carbocycles. The van der Waals surface area contributed by atoms with Crippen molar-refractivity contribution in [3.8, 4) is 0 Å². The zero-order chi connectivity index (χ0) is 13.0. The Morgan fingerprint density at radius 1 is 1.33 bits per heavy atom. The van der Waals surface area contributed by atoms with Crippen LogP contribution in [-0.4, -0.2) is 23.4 Å². The van der Waals surface area contributed by atoms with Crippen LogP contribution >= 0.6 is 0 Å². The molecule has 2 N–H and O–H groups in total. The molecule has 0 bridgehead atoms. The van der Waals surface area contributed by atoms with Crippen LogP contribution in [0.15, 0.2) is 24.3 Å². The minimum atomic E-state index is -0.244. The average molecular weight is 250 g/mol. The number of carbonyl (C=O) groups excluding carboxylic acids is 1. The molecule has 1 unspecified atom stereocenters. The zero-order valence-corrected chi connectivity index (χ0v) is 10.4. The summed E-state index contributed by atoms with van der Waals surface area (Å²) in [6, 6.07) is 6.78. The fourth-order valence-electron chi connectivity index (χ4n) is 2.56. The number of nitrogens with zero attached hydrogens (tertiary/aromatic N) is 1. The molecule has 1 amide bonds. The van der Waals surface area contributed by atoms with Crippen molar-refractivity contribution in [3.63, 3.8) is 0 Å². The summed E-state index contributed by atoms with van der Waals surface area (Å²) in [5.41, 5.74) is 6.36. The van der Waals surface area contributed by atoms with Gasteiger partial charge < -0.3 is 5.73 Å². The molecule has 0 aromatic heterocycles. The van der Waals surface area contributed by atoms with Gasteiger partial charge in [-0.25, -0.2) is 4.39 Å². The lowest BCUT2D eigenvalue weighted by molar-refractivity contribution is -0.119. The average Bonchev–Trinajstić information content (AvgIpc) is 2.34. The number of piperidine rings is 1. The monoisotopic (exact) mass is 250 g/mol. The summed E-state index contributed by atoms with van der Waals surface area (Å²) in [6.07, 6.45) is 3.74. The molecule has 0 radical (unpaired) electrons. The number of likely N-dealkylation sites (tertiary alicyclic amines) is 1. The van der Waals surface area contributed by atoms with Gasteiger partial charge in [-0.1, -0.05) is 18.6 Å². The van der Waals surface area contributed by atoms with Gasteiger partial charge in [-0.2, -0.15) is 0 Å². The fraction of sp³-hybridized carbons (Fsp3) is 0.500. The van der Waals surface area contributed by atoms with E-state index in [0.29, 0.717) is 6.42 Å². The first-order chi connectivity index (χ1) is 8.65. The van der Waals surface area contributed by atoms with E-state index in [1.807, 2.05) is 0 Å². The van der Waals surface area contributed by atoms with E-state index in [0.717, 1.165) is 37.9 Å². The Morgan fingerprint density at radius 2 is 2.06 bits per heavy atom. The van der Waals surface area contributed by atoms with Crippen LogP contribution in [0.1, 0.15) is 31.2 Å². The van der Waals surface area contributed by atoms with Gasteiger partial charge in [-0.3, -0.25) is 9.69 Å². The summed E-state index contributed by atoms with van der Waals surface area (Å²) < 4.78 is 12.8. The first-order valence-electron chi connectivity index (χ1n) is 6.42. The lowest BCUT2D eigenvalue weighted by Gasteiger charge is -2.35. The van der Waals surface area contributed by atoms with Gasteiger partial charge in [0.05, 0.1) is 0 Å². The Bertz CT molecular complexity index is 405. The first-order valence-corrected chi connectivity index (χ1v) is 6.42. The molecule has 3 nitrogen and oxygen atoms in total. The van der Waals surface area contributed by atoms with Crippen LogP contribution in [0, 0.1) is 5.82 Å². The second kappa shape index (κ2) is 5.96. The number of primary amides is 1. The van der Waals surface area contributed by atoms with Gasteiger partial charge in [-0.15, -0.1) is 0 Å². The van der Waals surface area contributed by atoms with E-state index in [9.17, 15) is 9.18 Å². The van der Waals surface area contributed by atoms with Gasteiger partial charge in [0.25, 0.3) is 0 Å². The second-order valence-electron chi connectivity index (χ2n) is 4.92. The van der Waals surface area contributed by atoms with Crippen molar-refractivity contribution in [2.45, 2.75) is 38.3 Å². The maximum atomic E-state index is 12.8. The molecule has 2 rings (SSSR count). The molecule has 1 fully saturated rings. The van der Waals surface area contributed by atoms with Crippen molar-refractivity contribution in [2.75, 3.05) is 6.54 Å². The maximum absolute atomic E-state index is 12.8. The largest absolute Gasteiger partial charge is 0.370 e. The van der Waals surface area contributed by atoms with E-state index in [1.54, 1.807) is 12.1 Å². The third-order valence-electron chi connectivity index (χ3n) is 3.48. The zero-order valence-electron chi connectivity index (χ0n) is 10.4. The standard InChI is InChI=1S/C14H19FN2O/c15-12-6-4-11(5-7-12)10-17-8-2-1-3-13(17)9-14(16)18/h4-7,13H,1-3,8-10H2,(H2,16,18). The van der Waals surface area contributed by atoms with Crippen molar-refractivity contribution >= 4 is 5.91 Å². The predicted octanol–water partition coefficient (Wildman–Crippen LogP) is 2.06. The summed E-state index contributed by atoms with van der Waals surface area (Å²) in [5, 5.41) is 0. The first kappa shape index (κ1) is 13.0. The van der Waals surface area contributed by atoms with Gasteiger partial charge in [0, 0.05) is 19.0 Å². The molecule has 4 heteroatoms. The highest BCUT2D eigenvalue weighted by Gasteiger charge is 2.23. The van der Waals surface area contributed by atoms with Crippen molar-refractivity contribution < 1.29 is 9.18 Å². The molecule has 18 heavy (non-hydrogen) atoms. The summed E-state index contributed by atoms with van der Waals surface area (Å²) in [4.78, 5) is 13.3. The molecule has 1 aliphatic heterocycles. The van der Waals surface area contributed by atoms with Crippen molar-refractivity contribution in [1.82, 2.24) is 4.90 Å². The second-order valence-corrected chi connectivity index (χ2v) is 4.92. The molecule has 1 heterocycles. The topological polar surface area (TPSA) is 46.3 Å². The van der Waals surface area contributed by atoms with E-state index in [-0.39, 0.29) is 17.8 Å². The summed E-state index contributed by atoms with van der Waals surface area (Å²) in [5.74, 6) is -0.461. The third kappa shape index (κ3) is 3.53. The van der Waals surface area contributed by atoms with Crippen molar-refractivity contribution in [2.24, 2.45) is 5.73 Å². The molecule has 1 aromatic carbocycles. The summed E-state index contributed by atoms with van der Waals surface area (Å²) in [7, 11) is 0. The highest BCUT2D eigenvalue weighted by Crippen LogP contribution is 2.21. The Kier molecular flexibility index (Phi) is 4.31. The smallest absolute Gasteiger partial charge is 0.218 e. The van der Waals surface area contributed by atoms with Crippen LogP contribution in [0.3, 0.4) is 0 Å². The number of halogens is 1. The quantitative estimate of drug-likeness (QED) is 0.889. The van der Waals surface area contributed by atoms with Crippen LogP contribution in [0.5, 0.6) is 0 Å². The Balaban J connectivity index is 2.00. The summed E-state index contributed by atoms with van der Waals surface area (Å²) >= 11 is 0. The molecule has 0 aliphatic carbocycles. The van der Waals surface area contributed by atoms with Crippen molar-refractivity contribution in [1.29, 1.82) is 0 Å². The Morgan fingerprint density at radius 3 is 2.72 bits per heavy atom. The maximum Gasteiger partial charge on any atom is 0.218 e. The van der Waals surface area contributed by atoms with Crippen molar-refractivity contribution in [3.05, 3.63) is 35.6 Å². The van der Waals surface area contributed by atoms with Gasteiger partial charge in [0.15, 0.2) is 0 Å². The highest BCUT2D eigenvalue weighted by molar-refractivity contribution is 5.74. The van der Waals surface area contributed by atoms with Crippen LogP contribution in [0.2, 0.25) is 0 Å². The SMILES string of the molecule is NC(=O)CC1CCCCN1Cc1ccc(F)cc1. The molecule has 1 saturated heterocycles. The number of carbonyl (C=O) groups is 1. The molecule has 1 aromatic rings. The molecule has 1 aliphatic rings. The van der Waals surface area contributed by atoms with Gasteiger partial charge in [0.2, 0.25) is 5.91 Å². The number of nitrogens with two attached hydrogens (primary N) is 1. The lowest BCUT2D eigenvalue weighted by Crippen LogP contribution is -2.41. The number of hydrogen-bond donors (Lipinski definition) is 1. The van der Waals surface area contributed by atoms with E-state index in [2.05, 4.69) is 4.90 Å². The van der Waals surface area contributed by atoms with E-state index in [4.69, 9.17) is 5.73 Å².